The Morgan fingerprint density at radius 3 is 1.91 bits per heavy atom. The first-order chi connectivity index (χ1) is 10.8. The highest BCUT2D eigenvalue weighted by Gasteiger charge is 2.49. The minimum atomic E-state index is -1.70. The van der Waals surface area contributed by atoms with Gasteiger partial charge in [0.05, 0.1) is 19.3 Å². The topological polar surface area (TPSA) is 169 Å². The Morgan fingerprint density at radius 2 is 1.35 bits per heavy atom. The van der Waals surface area contributed by atoms with Crippen molar-refractivity contribution in [3.05, 3.63) is 0 Å². The SMILES string of the molecule is CC1C(O)C(CO)OC(OC2C(O)C(O)OC(CO)C2O)C1O. The lowest BCUT2D eigenvalue weighted by molar-refractivity contribution is -0.351. The summed E-state index contributed by atoms with van der Waals surface area (Å²) in [6.45, 7) is 0.394. The molecule has 10 unspecified atom stereocenters. The van der Waals surface area contributed by atoms with Gasteiger partial charge in [0.15, 0.2) is 12.6 Å². The number of hydrogen-bond donors (Lipinski definition) is 7. The second kappa shape index (κ2) is 7.66. The quantitative estimate of drug-likeness (QED) is 0.267. The summed E-state index contributed by atoms with van der Waals surface area (Å²) in [5.41, 5.74) is 0. The van der Waals surface area contributed by atoms with E-state index >= 15 is 0 Å². The molecule has 0 spiro atoms. The molecule has 10 heteroatoms. The Bertz CT molecular complexity index is 380. The molecule has 2 rings (SSSR count). The largest absolute Gasteiger partial charge is 0.394 e. The molecular formula is C13H24O10. The van der Waals surface area contributed by atoms with E-state index in [2.05, 4.69) is 0 Å². The summed E-state index contributed by atoms with van der Waals surface area (Å²) in [5, 5.41) is 67.9. The lowest BCUT2D eigenvalue weighted by Gasteiger charge is -2.45. The summed E-state index contributed by atoms with van der Waals surface area (Å²) < 4.78 is 15.5. The van der Waals surface area contributed by atoms with Gasteiger partial charge in [-0.2, -0.15) is 0 Å². The Labute approximate surface area is 132 Å². The van der Waals surface area contributed by atoms with Crippen LogP contribution in [0.3, 0.4) is 0 Å². The normalized spacial score (nSPS) is 51.7. The van der Waals surface area contributed by atoms with Crippen molar-refractivity contribution in [2.24, 2.45) is 5.92 Å². The summed E-state index contributed by atoms with van der Waals surface area (Å²) in [4.78, 5) is 0. The van der Waals surface area contributed by atoms with E-state index in [1.165, 1.54) is 6.92 Å². The highest BCUT2D eigenvalue weighted by atomic mass is 16.7. The first-order valence-corrected chi connectivity index (χ1v) is 7.40. The maximum atomic E-state index is 10.1. The van der Waals surface area contributed by atoms with Gasteiger partial charge in [0.1, 0.15) is 36.6 Å². The van der Waals surface area contributed by atoms with Crippen LogP contribution in [0.1, 0.15) is 6.92 Å². The average molecular weight is 340 g/mol. The maximum Gasteiger partial charge on any atom is 0.184 e. The fraction of sp³-hybridized carbons (Fsp3) is 1.00. The third-order valence-corrected chi connectivity index (χ3v) is 4.36. The van der Waals surface area contributed by atoms with Gasteiger partial charge < -0.3 is 50.0 Å². The van der Waals surface area contributed by atoms with Gasteiger partial charge >= 0.3 is 0 Å². The van der Waals surface area contributed by atoms with Crippen molar-refractivity contribution >= 4 is 0 Å². The van der Waals surface area contributed by atoms with Crippen LogP contribution in [0.15, 0.2) is 0 Å². The highest BCUT2D eigenvalue weighted by molar-refractivity contribution is 4.92. The zero-order chi connectivity index (χ0) is 17.3. The molecule has 7 N–H and O–H groups in total. The van der Waals surface area contributed by atoms with Gasteiger partial charge in [0, 0.05) is 5.92 Å². The Kier molecular flexibility index (Phi) is 6.30. The van der Waals surface area contributed by atoms with Crippen molar-refractivity contribution in [1.82, 2.24) is 0 Å². The van der Waals surface area contributed by atoms with Crippen LogP contribution in [0.25, 0.3) is 0 Å². The van der Waals surface area contributed by atoms with E-state index in [0.717, 1.165) is 0 Å². The smallest absolute Gasteiger partial charge is 0.184 e. The second-order valence-corrected chi connectivity index (χ2v) is 5.90. The van der Waals surface area contributed by atoms with Gasteiger partial charge in [-0.25, -0.2) is 0 Å². The second-order valence-electron chi connectivity index (χ2n) is 5.90. The molecule has 2 fully saturated rings. The van der Waals surface area contributed by atoms with E-state index in [1.54, 1.807) is 0 Å². The van der Waals surface area contributed by atoms with Crippen LogP contribution < -0.4 is 0 Å². The molecule has 2 heterocycles. The molecule has 0 saturated carbocycles. The minimum Gasteiger partial charge on any atom is -0.394 e. The van der Waals surface area contributed by atoms with Gasteiger partial charge in [-0.1, -0.05) is 6.92 Å². The van der Waals surface area contributed by atoms with Crippen LogP contribution in [0.4, 0.5) is 0 Å². The molecule has 136 valence electrons. The average Bonchev–Trinajstić information content (AvgIpc) is 2.54. The van der Waals surface area contributed by atoms with E-state index in [1.807, 2.05) is 0 Å². The number of ether oxygens (including phenoxy) is 3. The van der Waals surface area contributed by atoms with Crippen LogP contribution in [0.2, 0.25) is 0 Å². The van der Waals surface area contributed by atoms with Crippen LogP contribution >= 0.6 is 0 Å². The summed E-state index contributed by atoms with van der Waals surface area (Å²) in [6.07, 6.45) is -12.2. The van der Waals surface area contributed by atoms with Gasteiger partial charge in [0.25, 0.3) is 0 Å². The first-order valence-electron chi connectivity index (χ1n) is 7.40. The van der Waals surface area contributed by atoms with E-state index < -0.39 is 74.4 Å². The standard InChI is InChI=1S/C13H24O10/c1-4-7(16)5(2-14)22-13(8(4)17)23-11-9(18)6(3-15)21-12(20)10(11)19/h4-20H,2-3H2,1H3. The monoisotopic (exact) mass is 340 g/mol. The number of rotatable bonds is 4. The van der Waals surface area contributed by atoms with Gasteiger partial charge in [0.2, 0.25) is 0 Å². The third-order valence-electron chi connectivity index (χ3n) is 4.36. The lowest BCUT2D eigenvalue weighted by Crippen LogP contribution is -2.63. The van der Waals surface area contributed by atoms with Gasteiger partial charge in [-0.05, 0) is 0 Å². The summed E-state index contributed by atoms with van der Waals surface area (Å²) >= 11 is 0. The van der Waals surface area contributed by atoms with E-state index in [4.69, 9.17) is 19.3 Å². The van der Waals surface area contributed by atoms with E-state index in [9.17, 15) is 30.6 Å². The zero-order valence-corrected chi connectivity index (χ0v) is 12.5. The van der Waals surface area contributed by atoms with Crippen molar-refractivity contribution in [3.8, 4) is 0 Å². The summed E-state index contributed by atoms with van der Waals surface area (Å²) in [6, 6.07) is 0. The number of aliphatic hydroxyl groups excluding tert-OH is 7. The molecule has 2 aliphatic rings. The maximum absolute atomic E-state index is 10.1. The number of hydrogen-bond acceptors (Lipinski definition) is 10. The minimum absolute atomic E-state index is 0.515. The Balaban J connectivity index is 2.11. The first kappa shape index (κ1) is 18.9. The predicted octanol–water partition coefficient (Wildman–Crippen LogP) is -4.12. The zero-order valence-electron chi connectivity index (χ0n) is 12.5. The molecule has 0 amide bonds. The molecular weight excluding hydrogens is 316 g/mol. The van der Waals surface area contributed by atoms with Crippen molar-refractivity contribution in [2.75, 3.05) is 13.2 Å². The molecule has 23 heavy (non-hydrogen) atoms. The molecule has 10 nitrogen and oxygen atoms in total. The van der Waals surface area contributed by atoms with Gasteiger partial charge in [-0.3, -0.25) is 0 Å². The van der Waals surface area contributed by atoms with Crippen LogP contribution in [-0.4, -0.2) is 104 Å². The molecule has 0 aromatic rings. The van der Waals surface area contributed by atoms with Crippen LogP contribution in [-0.2, 0) is 14.2 Å². The van der Waals surface area contributed by atoms with Crippen LogP contribution in [0, 0.1) is 5.92 Å². The molecule has 10 atom stereocenters. The predicted molar refractivity (Wildman–Crippen MR) is 71.8 cm³/mol. The van der Waals surface area contributed by atoms with Crippen molar-refractivity contribution in [1.29, 1.82) is 0 Å². The molecule has 2 saturated heterocycles. The number of aliphatic hydroxyl groups is 7. The Hall–Kier alpha value is -0.400. The molecule has 2 aliphatic heterocycles. The molecule has 0 bridgehead atoms. The molecule has 0 radical (unpaired) electrons. The summed E-state index contributed by atoms with van der Waals surface area (Å²) in [5.74, 6) is -0.696. The molecule has 0 aliphatic carbocycles. The highest BCUT2D eigenvalue weighted by Crippen LogP contribution is 2.30. The lowest BCUT2D eigenvalue weighted by atomic mass is 9.90. The van der Waals surface area contributed by atoms with Crippen molar-refractivity contribution in [2.45, 2.75) is 62.2 Å². The van der Waals surface area contributed by atoms with Gasteiger partial charge in [-0.15, -0.1) is 0 Å². The van der Waals surface area contributed by atoms with E-state index in [-0.39, 0.29) is 0 Å². The third kappa shape index (κ3) is 3.66. The summed E-state index contributed by atoms with van der Waals surface area (Å²) in [7, 11) is 0. The fourth-order valence-corrected chi connectivity index (χ4v) is 2.77. The fourth-order valence-electron chi connectivity index (χ4n) is 2.77. The van der Waals surface area contributed by atoms with E-state index in [0.29, 0.717) is 0 Å². The van der Waals surface area contributed by atoms with Crippen LogP contribution in [0.5, 0.6) is 0 Å². The molecule has 0 aromatic heterocycles. The Morgan fingerprint density at radius 1 is 0.783 bits per heavy atom. The molecule has 0 aromatic carbocycles. The van der Waals surface area contributed by atoms with Crippen molar-refractivity contribution < 1.29 is 50.0 Å². The van der Waals surface area contributed by atoms with Crippen molar-refractivity contribution in [3.63, 3.8) is 0 Å².